The molecule has 3 amide bonds. The van der Waals surface area contributed by atoms with Crippen molar-refractivity contribution >= 4 is 59.1 Å². The molecule has 0 unspecified atom stereocenters. The molecule has 0 saturated carbocycles. The maximum atomic E-state index is 16.2. The molecule has 3 saturated heterocycles. The molecule has 21 heteroatoms. The van der Waals surface area contributed by atoms with E-state index in [1.807, 2.05) is 0 Å². The molecule has 5 heterocycles. The monoisotopic (exact) mass is 901 g/mol. The van der Waals surface area contributed by atoms with Crippen LogP contribution in [0.3, 0.4) is 0 Å². The number of halogens is 1. The van der Waals surface area contributed by atoms with Crippen LogP contribution in [0, 0.1) is 6.57 Å². The van der Waals surface area contributed by atoms with Gasteiger partial charge in [-0.15, -0.1) is 11.3 Å². The SMILES string of the molecule is [C-]#[N+][C@H]1CN(C(=O)[C@@H]2CC[C@@H]3CCCC[C@H](NC(=O)c4cc5cc([C@H](F)P(=O)(OCOC(=O)OC(C)C)OCOC(=O)OC(C)C)ccc5s4)C(=O)N32)C[C@@H]1c1cc[nH]c(=O)c1. The van der Waals surface area contributed by atoms with Crippen LogP contribution in [-0.4, -0.2) is 108 Å². The van der Waals surface area contributed by atoms with Crippen LogP contribution in [0.25, 0.3) is 14.9 Å². The molecule has 2 aromatic heterocycles. The average Bonchev–Trinajstić information content (AvgIpc) is 3.97. The third-order valence-corrected chi connectivity index (χ3v) is 13.6. The number of fused-ring (bicyclic) bond motifs is 2. The first kappa shape index (κ1) is 46.2. The van der Waals surface area contributed by atoms with E-state index in [2.05, 4.69) is 15.1 Å². The Kier molecular flexibility index (Phi) is 15.1. The zero-order valence-electron chi connectivity index (χ0n) is 34.6. The second kappa shape index (κ2) is 20.2. The van der Waals surface area contributed by atoms with Gasteiger partial charge in [-0.25, -0.2) is 20.6 Å². The highest BCUT2D eigenvalue weighted by molar-refractivity contribution is 7.54. The van der Waals surface area contributed by atoms with Gasteiger partial charge < -0.3 is 43.9 Å². The number of rotatable bonds is 14. The van der Waals surface area contributed by atoms with Crippen LogP contribution in [0.5, 0.6) is 0 Å². The number of amides is 3. The fourth-order valence-corrected chi connectivity index (χ4v) is 10.1. The van der Waals surface area contributed by atoms with Crippen LogP contribution in [0.4, 0.5) is 14.0 Å². The molecule has 3 aliphatic rings. The average molecular weight is 902 g/mol. The van der Waals surface area contributed by atoms with Crippen LogP contribution in [-0.2, 0) is 42.1 Å². The van der Waals surface area contributed by atoms with Crippen LogP contribution < -0.4 is 10.9 Å². The Labute approximate surface area is 360 Å². The normalized spacial score (nSPS) is 22.1. The highest BCUT2D eigenvalue weighted by Crippen LogP contribution is 2.62. The van der Waals surface area contributed by atoms with Crippen LogP contribution in [0.2, 0.25) is 0 Å². The molecule has 0 bridgehead atoms. The number of likely N-dealkylation sites (tertiary alicyclic amines) is 1. The van der Waals surface area contributed by atoms with Gasteiger partial charge in [-0.1, -0.05) is 18.9 Å². The Balaban J connectivity index is 1.15. The number of nitrogens with one attached hydrogen (secondary N) is 2. The maximum Gasteiger partial charge on any atom is 0.510 e. The lowest BCUT2D eigenvalue weighted by atomic mass is 9.96. The Morgan fingerprint density at radius 2 is 1.61 bits per heavy atom. The van der Waals surface area contributed by atoms with Crippen molar-refractivity contribution in [2.24, 2.45) is 0 Å². The van der Waals surface area contributed by atoms with Crippen molar-refractivity contribution in [2.45, 2.75) is 114 Å². The topological polar surface area (TPSA) is 214 Å². The number of alkyl halides is 1. The van der Waals surface area contributed by atoms with E-state index in [1.165, 1.54) is 36.5 Å². The number of pyridine rings is 1. The summed E-state index contributed by atoms with van der Waals surface area (Å²) in [6.45, 7) is 12.4. The van der Waals surface area contributed by atoms with Crippen molar-refractivity contribution in [2.75, 3.05) is 26.7 Å². The summed E-state index contributed by atoms with van der Waals surface area (Å²) in [4.78, 5) is 87.8. The molecule has 6 rings (SSSR count). The number of thiophene rings is 1. The van der Waals surface area contributed by atoms with E-state index in [4.69, 9.17) is 34.6 Å². The Hall–Kier alpha value is -5.35. The predicted octanol–water partition coefficient (Wildman–Crippen LogP) is 6.77. The molecule has 3 aliphatic heterocycles. The first-order valence-corrected chi connectivity index (χ1v) is 22.7. The van der Waals surface area contributed by atoms with Gasteiger partial charge in [0.05, 0.1) is 29.5 Å². The molecule has 334 valence electrons. The van der Waals surface area contributed by atoms with Gasteiger partial charge >= 0.3 is 19.9 Å². The minimum atomic E-state index is -4.90. The number of aromatic nitrogens is 1. The van der Waals surface area contributed by atoms with Crippen molar-refractivity contribution in [3.05, 3.63) is 80.4 Å². The predicted molar refractivity (Wildman–Crippen MR) is 221 cm³/mol. The molecule has 2 N–H and O–H groups in total. The molecular formula is C41H49FN5O13PS. The number of benzene rings is 1. The fourth-order valence-electron chi connectivity index (χ4n) is 7.89. The van der Waals surface area contributed by atoms with Gasteiger partial charge in [0.2, 0.25) is 42.9 Å². The van der Waals surface area contributed by atoms with Gasteiger partial charge in [-0.05, 0) is 94.2 Å². The summed E-state index contributed by atoms with van der Waals surface area (Å²) >= 11 is 1.08. The van der Waals surface area contributed by atoms with Crippen LogP contribution in [0.1, 0.15) is 98.8 Å². The number of hydrogen-bond donors (Lipinski definition) is 2. The number of hydrogen-bond acceptors (Lipinski definition) is 14. The second-order valence-corrected chi connectivity index (χ2v) is 18.9. The quantitative estimate of drug-likeness (QED) is 0.0741. The summed E-state index contributed by atoms with van der Waals surface area (Å²) in [5.74, 6) is -4.03. The van der Waals surface area contributed by atoms with Crippen molar-refractivity contribution in [1.82, 2.24) is 20.1 Å². The minimum Gasteiger partial charge on any atom is -0.432 e. The zero-order chi connectivity index (χ0) is 44.7. The molecule has 62 heavy (non-hydrogen) atoms. The number of aromatic amines is 1. The highest BCUT2D eigenvalue weighted by Gasteiger charge is 2.49. The smallest absolute Gasteiger partial charge is 0.432 e. The lowest BCUT2D eigenvalue weighted by Gasteiger charge is -2.36. The van der Waals surface area contributed by atoms with Gasteiger partial charge in [-0.2, -0.15) is 0 Å². The van der Waals surface area contributed by atoms with Crippen molar-refractivity contribution in [3.63, 3.8) is 0 Å². The molecule has 0 aliphatic carbocycles. The summed E-state index contributed by atoms with van der Waals surface area (Å²) in [6.07, 6.45) is 1.64. The molecule has 1 aromatic carbocycles. The van der Waals surface area contributed by atoms with E-state index in [0.29, 0.717) is 47.8 Å². The van der Waals surface area contributed by atoms with E-state index in [0.717, 1.165) is 17.8 Å². The van der Waals surface area contributed by atoms with E-state index in [-0.39, 0.29) is 52.9 Å². The van der Waals surface area contributed by atoms with E-state index in [9.17, 15) is 33.3 Å². The Morgan fingerprint density at radius 3 is 2.26 bits per heavy atom. The summed E-state index contributed by atoms with van der Waals surface area (Å²) in [5, 5.41) is 3.26. The third-order valence-electron chi connectivity index (χ3n) is 10.7. The van der Waals surface area contributed by atoms with E-state index in [1.54, 1.807) is 43.6 Å². The van der Waals surface area contributed by atoms with Gasteiger partial charge in [0, 0.05) is 29.5 Å². The number of nitrogens with zero attached hydrogens (tertiary/aromatic N) is 3. The second-order valence-electron chi connectivity index (χ2n) is 15.7. The van der Waals surface area contributed by atoms with E-state index < -0.39 is 75.6 Å². The van der Waals surface area contributed by atoms with Gasteiger partial charge in [0.25, 0.3) is 5.91 Å². The van der Waals surface area contributed by atoms with Crippen molar-refractivity contribution < 1.29 is 60.9 Å². The number of ether oxygens (including phenoxy) is 4. The highest BCUT2D eigenvalue weighted by atomic mass is 32.1. The van der Waals surface area contributed by atoms with Gasteiger partial charge in [-0.3, -0.25) is 32.8 Å². The summed E-state index contributed by atoms with van der Waals surface area (Å²) < 4.78 is 59.9. The van der Waals surface area contributed by atoms with Crippen LogP contribution >= 0.6 is 18.9 Å². The summed E-state index contributed by atoms with van der Waals surface area (Å²) in [7, 11) is -4.90. The molecular weight excluding hydrogens is 853 g/mol. The molecule has 18 nitrogen and oxygen atoms in total. The summed E-state index contributed by atoms with van der Waals surface area (Å²) in [6, 6.07) is 6.35. The third kappa shape index (κ3) is 11.0. The van der Waals surface area contributed by atoms with Gasteiger partial charge in [0.1, 0.15) is 12.1 Å². The fraction of sp³-hybridized carbons (Fsp3) is 0.537. The van der Waals surface area contributed by atoms with Gasteiger partial charge in [0.15, 0.2) is 0 Å². The number of carbonyl (C=O) groups excluding carboxylic acids is 5. The Morgan fingerprint density at radius 1 is 0.935 bits per heavy atom. The van der Waals surface area contributed by atoms with Crippen molar-refractivity contribution in [3.8, 4) is 0 Å². The first-order valence-electron chi connectivity index (χ1n) is 20.3. The standard InChI is InChI=1S/C41H49FN5O13PS/c1-23(2)59-40(52)55-21-57-61(54,58-22-56-41(53)60-24(3)4)36(42)26-10-13-33-27(16-26)17-34(62-33)37(49)45-30-9-7-6-8-28-11-12-32(47(28)38(30)50)39(51)46-19-29(31(20-46)43-5)25-14-15-44-35(48)18-25/h10,13-18,23-24,28-32,36H,6-9,11-12,19-22H2,1-4H3,(H,44,48)(H,45,49)/t28-,29+,30-,31-,32-,36+/m0/s1. The largest absolute Gasteiger partial charge is 0.510 e. The number of H-pyrrole nitrogens is 1. The molecule has 0 spiro atoms. The maximum absolute atomic E-state index is 16.2. The lowest BCUT2D eigenvalue weighted by Crippen LogP contribution is -2.56. The lowest BCUT2D eigenvalue weighted by molar-refractivity contribution is -0.146. The Bertz CT molecular complexity index is 2270. The summed E-state index contributed by atoms with van der Waals surface area (Å²) in [5.41, 5.74) is 0.174. The van der Waals surface area contributed by atoms with Crippen LogP contribution in [0.15, 0.2) is 47.4 Å². The van der Waals surface area contributed by atoms with E-state index >= 15 is 4.39 Å². The number of carbonyl (C=O) groups is 5. The molecule has 6 atom stereocenters. The molecule has 0 radical (unpaired) electrons. The first-order chi connectivity index (χ1) is 29.6. The molecule has 3 aromatic rings. The zero-order valence-corrected chi connectivity index (χ0v) is 36.3. The molecule has 3 fully saturated rings. The van der Waals surface area contributed by atoms with Crippen molar-refractivity contribution in [1.29, 1.82) is 0 Å². The minimum absolute atomic E-state index is 0.171.